The number of hydrogen-bond acceptors (Lipinski definition) is 5. The first-order chi connectivity index (χ1) is 11.3. The Hall–Kier alpha value is -2.55. The lowest BCUT2D eigenvalue weighted by atomic mass is 10.1. The quantitative estimate of drug-likeness (QED) is 0.753. The van der Waals surface area contributed by atoms with Crippen molar-refractivity contribution >= 4 is 11.6 Å². The van der Waals surface area contributed by atoms with Crippen LogP contribution >= 0.6 is 11.6 Å². The Balaban J connectivity index is 1.87. The average molecular weight is 359 g/mol. The maximum atomic E-state index is 12.6. The lowest BCUT2D eigenvalue weighted by molar-refractivity contribution is -0.144. The van der Waals surface area contributed by atoms with Gasteiger partial charge in [-0.25, -0.2) is 0 Å². The van der Waals surface area contributed by atoms with Crippen molar-refractivity contribution in [2.45, 2.75) is 19.2 Å². The zero-order valence-electron chi connectivity index (χ0n) is 12.1. The first-order valence-electron chi connectivity index (χ1n) is 6.71. The predicted molar refractivity (Wildman–Crippen MR) is 77.4 cm³/mol. The normalized spacial score (nSPS) is 13.0. The minimum atomic E-state index is -4.60. The third-order valence-corrected chi connectivity index (χ3v) is 3.35. The molecule has 0 bridgehead atoms. The van der Waals surface area contributed by atoms with Crippen molar-refractivity contribution in [1.82, 2.24) is 20.3 Å². The molecular weight excluding hydrogens is 349 g/mol. The second kappa shape index (κ2) is 6.16. The van der Waals surface area contributed by atoms with Gasteiger partial charge in [0, 0.05) is 16.7 Å². The highest BCUT2D eigenvalue weighted by atomic mass is 35.5. The van der Waals surface area contributed by atoms with Crippen molar-refractivity contribution in [2.24, 2.45) is 0 Å². The van der Waals surface area contributed by atoms with E-state index < -0.39 is 18.1 Å². The van der Waals surface area contributed by atoms with Crippen LogP contribution in [0.2, 0.25) is 5.02 Å². The molecule has 1 aromatic carbocycles. The summed E-state index contributed by atoms with van der Waals surface area (Å²) in [5.41, 5.74) is 1.02. The van der Waals surface area contributed by atoms with Crippen LogP contribution in [-0.2, 0) is 6.18 Å². The number of nitrogens with zero attached hydrogens (tertiary/aromatic N) is 3. The summed E-state index contributed by atoms with van der Waals surface area (Å²) in [6.07, 6.45) is -4.02. The maximum Gasteiger partial charge on any atom is 0.451 e. The number of nitrogens with one attached hydrogen (secondary N) is 1. The van der Waals surface area contributed by atoms with E-state index in [2.05, 4.69) is 20.3 Å². The van der Waals surface area contributed by atoms with E-state index in [0.717, 1.165) is 0 Å². The highest BCUT2D eigenvalue weighted by molar-refractivity contribution is 6.30. The van der Waals surface area contributed by atoms with Gasteiger partial charge in [-0.05, 0) is 25.1 Å². The van der Waals surface area contributed by atoms with Crippen molar-refractivity contribution in [3.8, 4) is 17.0 Å². The first kappa shape index (κ1) is 16.3. The van der Waals surface area contributed by atoms with Gasteiger partial charge < -0.3 is 14.2 Å². The molecule has 126 valence electrons. The van der Waals surface area contributed by atoms with Crippen LogP contribution in [0.1, 0.15) is 24.7 Å². The van der Waals surface area contributed by atoms with E-state index in [9.17, 15) is 13.2 Å². The smallest absolute Gasteiger partial charge is 0.451 e. The van der Waals surface area contributed by atoms with Crippen molar-refractivity contribution in [3.63, 3.8) is 0 Å². The lowest BCUT2D eigenvalue weighted by Gasteiger charge is -2.15. The van der Waals surface area contributed by atoms with E-state index >= 15 is 0 Å². The molecule has 2 aromatic heterocycles. The molecule has 0 radical (unpaired) electrons. The molecule has 0 saturated carbocycles. The van der Waals surface area contributed by atoms with Crippen molar-refractivity contribution in [2.75, 3.05) is 0 Å². The number of aromatic nitrogens is 4. The molecule has 0 aliphatic heterocycles. The molecule has 2 heterocycles. The summed E-state index contributed by atoms with van der Waals surface area (Å²) in [5, 5.41) is 10.8. The Morgan fingerprint density at radius 1 is 1.25 bits per heavy atom. The van der Waals surface area contributed by atoms with Gasteiger partial charge in [-0.1, -0.05) is 16.8 Å². The summed E-state index contributed by atoms with van der Waals surface area (Å²) in [4.78, 5) is 2.11. The minimum absolute atomic E-state index is 0.0524. The summed E-state index contributed by atoms with van der Waals surface area (Å²) in [6, 6.07) is 6.40. The Morgan fingerprint density at radius 2 is 2.04 bits per heavy atom. The maximum absolute atomic E-state index is 12.6. The van der Waals surface area contributed by atoms with Crippen LogP contribution in [0.25, 0.3) is 11.3 Å². The molecule has 3 rings (SSSR count). The summed E-state index contributed by atoms with van der Waals surface area (Å²) in [7, 11) is 0. The fraction of sp³-hybridized carbons (Fsp3) is 0.214. The second-order valence-corrected chi connectivity index (χ2v) is 5.28. The molecule has 0 fully saturated rings. The standard InChI is InChI=1S/C14H10ClF3N4O2/c1-7(12-19-13(21-20-12)14(16,17)18)24-11-3-2-8(15)6-9(11)10-4-5-23-22-10/h2-7H,1H3,(H,19,20,21). The zero-order chi connectivity index (χ0) is 17.3. The Labute approximate surface area is 138 Å². The van der Waals surface area contributed by atoms with E-state index in [1.807, 2.05) is 0 Å². The van der Waals surface area contributed by atoms with Gasteiger partial charge in [0.05, 0.1) is 0 Å². The number of aromatic amines is 1. The molecule has 1 atom stereocenters. The number of alkyl halides is 3. The molecule has 0 amide bonds. The highest BCUT2D eigenvalue weighted by Crippen LogP contribution is 2.34. The Bertz CT molecular complexity index is 833. The van der Waals surface area contributed by atoms with Crippen LogP contribution in [0.5, 0.6) is 5.75 Å². The van der Waals surface area contributed by atoms with E-state index in [0.29, 0.717) is 22.0 Å². The summed E-state index contributed by atoms with van der Waals surface area (Å²) >= 11 is 5.97. The van der Waals surface area contributed by atoms with Gasteiger partial charge in [0.25, 0.3) is 0 Å². The van der Waals surface area contributed by atoms with Gasteiger partial charge in [0.1, 0.15) is 17.7 Å². The van der Waals surface area contributed by atoms with Crippen LogP contribution in [0, 0.1) is 0 Å². The molecule has 10 heteroatoms. The second-order valence-electron chi connectivity index (χ2n) is 4.84. The fourth-order valence-electron chi connectivity index (χ4n) is 1.99. The van der Waals surface area contributed by atoms with Crippen molar-refractivity contribution in [3.05, 3.63) is 47.2 Å². The molecule has 0 aliphatic carbocycles. The molecule has 1 unspecified atom stereocenters. The van der Waals surface area contributed by atoms with Crippen molar-refractivity contribution < 1.29 is 22.4 Å². The SMILES string of the molecule is CC(Oc1ccc(Cl)cc1-c1ccon1)c1nnc(C(F)(F)F)[nH]1. The number of rotatable bonds is 4. The summed E-state index contributed by atoms with van der Waals surface area (Å²) in [5.74, 6) is -0.866. The Kier molecular flexibility index (Phi) is 4.18. The molecule has 0 aliphatic rings. The topological polar surface area (TPSA) is 76.8 Å². The van der Waals surface area contributed by atoms with Crippen LogP contribution in [0.15, 0.2) is 35.1 Å². The van der Waals surface area contributed by atoms with Gasteiger partial charge in [-0.15, -0.1) is 10.2 Å². The van der Waals surface area contributed by atoms with Gasteiger partial charge in [-0.2, -0.15) is 13.2 Å². The Morgan fingerprint density at radius 3 is 2.67 bits per heavy atom. The van der Waals surface area contributed by atoms with Gasteiger partial charge >= 0.3 is 6.18 Å². The minimum Gasteiger partial charge on any atom is -0.482 e. The molecule has 1 N–H and O–H groups in total. The van der Waals surface area contributed by atoms with Gasteiger partial charge in [-0.3, -0.25) is 0 Å². The van der Waals surface area contributed by atoms with Gasteiger partial charge in [0.15, 0.2) is 11.9 Å². The van der Waals surface area contributed by atoms with E-state index in [1.54, 1.807) is 31.2 Å². The van der Waals surface area contributed by atoms with Crippen LogP contribution < -0.4 is 4.74 Å². The molecular formula is C14H10ClF3N4O2. The number of H-pyrrole nitrogens is 1. The molecule has 0 spiro atoms. The third kappa shape index (κ3) is 3.35. The monoisotopic (exact) mass is 358 g/mol. The van der Waals surface area contributed by atoms with Crippen LogP contribution in [0.4, 0.5) is 13.2 Å². The van der Waals surface area contributed by atoms with Crippen molar-refractivity contribution in [1.29, 1.82) is 0 Å². The first-order valence-corrected chi connectivity index (χ1v) is 7.09. The summed E-state index contributed by atoms with van der Waals surface area (Å²) < 4.78 is 48.2. The average Bonchev–Trinajstić information content (AvgIpc) is 3.19. The van der Waals surface area contributed by atoms with Gasteiger partial charge in [0.2, 0.25) is 5.82 Å². The van der Waals surface area contributed by atoms with Crippen LogP contribution in [-0.4, -0.2) is 20.3 Å². The molecule has 0 saturated heterocycles. The highest BCUT2D eigenvalue weighted by Gasteiger charge is 2.36. The van der Waals surface area contributed by atoms with E-state index in [-0.39, 0.29) is 5.82 Å². The predicted octanol–water partition coefficient (Wildman–Crippen LogP) is 4.27. The number of halogens is 4. The largest absolute Gasteiger partial charge is 0.482 e. The molecule has 24 heavy (non-hydrogen) atoms. The number of hydrogen-bond donors (Lipinski definition) is 1. The number of benzene rings is 1. The molecule has 3 aromatic rings. The lowest BCUT2D eigenvalue weighted by Crippen LogP contribution is -2.09. The number of ether oxygens (including phenoxy) is 1. The fourth-order valence-corrected chi connectivity index (χ4v) is 2.16. The summed E-state index contributed by atoms with van der Waals surface area (Å²) in [6.45, 7) is 1.54. The molecule has 6 nitrogen and oxygen atoms in total. The van der Waals surface area contributed by atoms with E-state index in [4.69, 9.17) is 20.9 Å². The van der Waals surface area contributed by atoms with Crippen LogP contribution in [0.3, 0.4) is 0 Å². The zero-order valence-corrected chi connectivity index (χ0v) is 12.9. The third-order valence-electron chi connectivity index (χ3n) is 3.12. The van der Waals surface area contributed by atoms with E-state index in [1.165, 1.54) is 6.26 Å².